The summed E-state index contributed by atoms with van der Waals surface area (Å²) in [5.74, 6) is -0.750. The number of halogens is 1. The van der Waals surface area contributed by atoms with Gasteiger partial charge in [-0.1, -0.05) is 0 Å². The van der Waals surface area contributed by atoms with E-state index in [4.69, 9.17) is 14.6 Å². The van der Waals surface area contributed by atoms with Crippen molar-refractivity contribution in [3.05, 3.63) is 24.0 Å². The Kier molecular flexibility index (Phi) is 5.61. The number of carbonyl (C=O) groups excluding carboxylic acids is 1. The van der Waals surface area contributed by atoms with Crippen LogP contribution in [0.4, 0.5) is 14.9 Å². The Balaban J connectivity index is 1.94. The van der Waals surface area contributed by atoms with Crippen LogP contribution in [-0.4, -0.2) is 61.5 Å². The monoisotopic (exact) mass is 326 g/mol. The highest BCUT2D eigenvalue weighted by Crippen LogP contribution is 2.25. The van der Waals surface area contributed by atoms with Crippen LogP contribution in [0.25, 0.3) is 0 Å². The summed E-state index contributed by atoms with van der Waals surface area (Å²) in [4.78, 5) is 25.1. The molecule has 1 aliphatic rings. The van der Waals surface area contributed by atoms with Gasteiger partial charge in [0.1, 0.15) is 11.6 Å². The molecule has 0 bridgehead atoms. The van der Waals surface area contributed by atoms with E-state index in [1.807, 2.05) is 0 Å². The Bertz CT molecular complexity index is 573. The predicted molar refractivity (Wildman–Crippen MR) is 80.3 cm³/mol. The van der Waals surface area contributed by atoms with Gasteiger partial charge in [0.05, 0.1) is 12.3 Å². The summed E-state index contributed by atoms with van der Waals surface area (Å²) in [6, 6.07) is 4.34. The van der Waals surface area contributed by atoms with Gasteiger partial charge in [-0.15, -0.1) is 0 Å². The number of carboxylic acid groups (broad SMARTS) is 1. The fourth-order valence-corrected chi connectivity index (χ4v) is 2.32. The molecule has 0 aromatic heterocycles. The molecule has 2 rings (SSSR count). The molecule has 1 aromatic carbocycles. The number of amides is 1. The molecule has 1 aliphatic heterocycles. The van der Waals surface area contributed by atoms with E-state index in [1.165, 1.54) is 11.0 Å². The highest BCUT2D eigenvalue weighted by molar-refractivity contribution is 5.71. The van der Waals surface area contributed by atoms with Gasteiger partial charge < -0.3 is 24.4 Å². The number of esters is 1. The molecule has 0 spiro atoms. The zero-order chi connectivity index (χ0) is 16.8. The summed E-state index contributed by atoms with van der Waals surface area (Å²) in [7, 11) is 0. The van der Waals surface area contributed by atoms with Crippen molar-refractivity contribution in [2.45, 2.75) is 6.92 Å². The molecule has 0 aliphatic carbocycles. The van der Waals surface area contributed by atoms with Crippen LogP contribution in [0.5, 0.6) is 5.75 Å². The minimum Gasteiger partial charge on any atom is -0.482 e. The molecule has 7 nitrogen and oxygen atoms in total. The van der Waals surface area contributed by atoms with Crippen molar-refractivity contribution in [3.63, 3.8) is 0 Å². The molecule has 8 heteroatoms. The highest BCUT2D eigenvalue weighted by atomic mass is 19.1. The van der Waals surface area contributed by atoms with Gasteiger partial charge >= 0.3 is 12.1 Å². The highest BCUT2D eigenvalue weighted by Gasteiger charge is 2.22. The summed E-state index contributed by atoms with van der Waals surface area (Å²) in [5, 5.41) is 8.91. The second-order valence-corrected chi connectivity index (χ2v) is 4.96. The van der Waals surface area contributed by atoms with Crippen LogP contribution in [0.1, 0.15) is 6.92 Å². The van der Waals surface area contributed by atoms with Gasteiger partial charge in [-0.05, 0) is 19.1 Å². The summed E-state index contributed by atoms with van der Waals surface area (Å²) < 4.78 is 24.1. The van der Waals surface area contributed by atoms with E-state index in [-0.39, 0.29) is 19.0 Å². The molecule has 1 saturated heterocycles. The van der Waals surface area contributed by atoms with E-state index in [2.05, 4.69) is 0 Å². The number of ether oxygens (including phenoxy) is 2. The van der Waals surface area contributed by atoms with Crippen LogP contribution in [0.15, 0.2) is 18.2 Å². The lowest BCUT2D eigenvalue weighted by Gasteiger charge is -2.34. The summed E-state index contributed by atoms with van der Waals surface area (Å²) in [6.45, 7) is 3.18. The lowest BCUT2D eigenvalue weighted by molar-refractivity contribution is -0.145. The van der Waals surface area contributed by atoms with Crippen LogP contribution in [-0.2, 0) is 9.53 Å². The topological polar surface area (TPSA) is 79.3 Å². The van der Waals surface area contributed by atoms with Gasteiger partial charge in [0, 0.05) is 32.2 Å². The normalized spacial score (nSPS) is 14.5. The number of rotatable bonds is 5. The summed E-state index contributed by atoms with van der Waals surface area (Å²) >= 11 is 0. The van der Waals surface area contributed by atoms with Gasteiger partial charge in [-0.2, -0.15) is 0 Å². The fourth-order valence-electron chi connectivity index (χ4n) is 2.32. The Morgan fingerprint density at radius 1 is 1.26 bits per heavy atom. The Hall–Kier alpha value is -2.51. The number of anilines is 1. The molecular weight excluding hydrogens is 307 g/mol. The first kappa shape index (κ1) is 16.9. The van der Waals surface area contributed by atoms with Crippen molar-refractivity contribution >= 4 is 17.7 Å². The molecule has 1 N–H and O–H groups in total. The molecule has 0 radical (unpaired) electrons. The molecule has 0 atom stereocenters. The third-order valence-electron chi connectivity index (χ3n) is 3.47. The molecule has 1 fully saturated rings. The SMILES string of the molecule is CCOC(=O)COc1ccc(N2CCN(C(=O)O)CC2)c(F)c1. The van der Waals surface area contributed by atoms with Gasteiger partial charge in [0.25, 0.3) is 0 Å². The molecule has 1 amide bonds. The first-order valence-corrected chi connectivity index (χ1v) is 7.32. The zero-order valence-electron chi connectivity index (χ0n) is 12.8. The van der Waals surface area contributed by atoms with E-state index in [1.54, 1.807) is 24.0 Å². The molecule has 0 unspecified atom stereocenters. The second-order valence-electron chi connectivity index (χ2n) is 4.96. The number of benzene rings is 1. The number of piperazine rings is 1. The second kappa shape index (κ2) is 7.66. The first-order valence-electron chi connectivity index (χ1n) is 7.32. The quantitative estimate of drug-likeness (QED) is 0.828. The van der Waals surface area contributed by atoms with Crippen LogP contribution in [0.2, 0.25) is 0 Å². The van der Waals surface area contributed by atoms with E-state index in [0.717, 1.165) is 0 Å². The van der Waals surface area contributed by atoms with E-state index >= 15 is 0 Å². The largest absolute Gasteiger partial charge is 0.482 e. The zero-order valence-corrected chi connectivity index (χ0v) is 12.8. The van der Waals surface area contributed by atoms with Gasteiger partial charge in [-0.25, -0.2) is 14.0 Å². The van der Waals surface area contributed by atoms with Crippen LogP contribution < -0.4 is 9.64 Å². The number of hydrogen-bond donors (Lipinski definition) is 1. The standard InChI is InChI=1S/C15H19FN2O5/c1-2-22-14(19)10-23-11-3-4-13(12(16)9-11)17-5-7-18(8-6-17)15(20)21/h3-4,9H,2,5-8,10H2,1H3,(H,20,21). The van der Waals surface area contributed by atoms with Crippen molar-refractivity contribution in [2.24, 2.45) is 0 Å². The van der Waals surface area contributed by atoms with Crippen LogP contribution in [0, 0.1) is 5.82 Å². The van der Waals surface area contributed by atoms with Crippen molar-refractivity contribution in [1.82, 2.24) is 4.90 Å². The molecule has 1 heterocycles. The Labute approximate surface area is 133 Å². The minimum atomic E-state index is -0.965. The lowest BCUT2D eigenvalue weighted by Crippen LogP contribution is -2.48. The maximum Gasteiger partial charge on any atom is 0.407 e. The maximum atomic E-state index is 14.2. The smallest absolute Gasteiger partial charge is 0.407 e. The lowest BCUT2D eigenvalue weighted by atomic mass is 10.2. The first-order chi connectivity index (χ1) is 11.0. The van der Waals surface area contributed by atoms with Gasteiger partial charge in [0.2, 0.25) is 0 Å². The van der Waals surface area contributed by atoms with E-state index in [0.29, 0.717) is 31.9 Å². The van der Waals surface area contributed by atoms with Crippen LogP contribution >= 0.6 is 0 Å². The molecule has 0 saturated carbocycles. The number of carbonyl (C=O) groups is 2. The average molecular weight is 326 g/mol. The predicted octanol–water partition coefficient (Wildman–Crippen LogP) is 1.57. The van der Waals surface area contributed by atoms with Crippen molar-refractivity contribution in [3.8, 4) is 5.75 Å². The molecule has 1 aromatic rings. The molecule has 23 heavy (non-hydrogen) atoms. The Morgan fingerprint density at radius 3 is 2.52 bits per heavy atom. The van der Waals surface area contributed by atoms with Crippen molar-refractivity contribution in [1.29, 1.82) is 0 Å². The van der Waals surface area contributed by atoms with E-state index < -0.39 is 17.9 Å². The van der Waals surface area contributed by atoms with Gasteiger partial charge in [0.15, 0.2) is 6.61 Å². The fraction of sp³-hybridized carbons (Fsp3) is 0.467. The van der Waals surface area contributed by atoms with Crippen molar-refractivity contribution in [2.75, 3.05) is 44.3 Å². The molecular formula is C15H19FN2O5. The van der Waals surface area contributed by atoms with Crippen molar-refractivity contribution < 1.29 is 28.6 Å². The third-order valence-corrected chi connectivity index (χ3v) is 3.47. The molecule has 126 valence electrons. The number of hydrogen-bond acceptors (Lipinski definition) is 5. The minimum absolute atomic E-state index is 0.239. The maximum absolute atomic E-state index is 14.2. The van der Waals surface area contributed by atoms with Crippen LogP contribution in [0.3, 0.4) is 0 Å². The third kappa shape index (κ3) is 4.48. The van der Waals surface area contributed by atoms with E-state index in [9.17, 15) is 14.0 Å². The Morgan fingerprint density at radius 2 is 1.96 bits per heavy atom. The summed E-state index contributed by atoms with van der Waals surface area (Å²) in [5.41, 5.74) is 0.388. The van der Waals surface area contributed by atoms with Gasteiger partial charge in [-0.3, -0.25) is 0 Å². The average Bonchev–Trinajstić information content (AvgIpc) is 2.53. The number of nitrogens with zero attached hydrogens (tertiary/aromatic N) is 2. The summed E-state index contributed by atoms with van der Waals surface area (Å²) in [6.07, 6.45) is -0.965.